The summed E-state index contributed by atoms with van der Waals surface area (Å²) in [7, 11) is -3.79. The first kappa shape index (κ1) is 13.0. The van der Waals surface area contributed by atoms with Gasteiger partial charge >= 0.3 is 0 Å². The maximum Gasteiger partial charge on any atom is 0.242 e. The van der Waals surface area contributed by atoms with Crippen molar-refractivity contribution in [3.63, 3.8) is 0 Å². The molecule has 1 aromatic rings. The van der Waals surface area contributed by atoms with Crippen LogP contribution in [0.15, 0.2) is 29.7 Å². The highest BCUT2D eigenvalue weighted by molar-refractivity contribution is 7.89. The Morgan fingerprint density at radius 2 is 2.19 bits per heavy atom. The maximum absolute atomic E-state index is 13.0. The Labute approximate surface area is 98.0 Å². The summed E-state index contributed by atoms with van der Waals surface area (Å²) >= 11 is 5.62. The molecule has 0 bridgehead atoms. The number of nitrogens with one attached hydrogen (secondary N) is 1. The van der Waals surface area contributed by atoms with Crippen molar-refractivity contribution in [2.24, 2.45) is 0 Å². The number of hydrogen-bond donors (Lipinski definition) is 2. The van der Waals surface area contributed by atoms with Crippen molar-refractivity contribution >= 4 is 27.3 Å². The lowest BCUT2D eigenvalue weighted by Crippen LogP contribution is -2.24. The van der Waals surface area contributed by atoms with Crippen LogP contribution in [-0.4, -0.2) is 15.0 Å². The zero-order valence-corrected chi connectivity index (χ0v) is 9.78. The van der Waals surface area contributed by atoms with Crippen LogP contribution in [0.2, 0.25) is 5.02 Å². The number of rotatable bonds is 4. The average Bonchev–Trinajstić information content (AvgIpc) is 2.20. The number of benzene rings is 1. The summed E-state index contributed by atoms with van der Waals surface area (Å²) in [4.78, 5) is -0.255. The van der Waals surface area contributed by atoms with E-state index in [1.165, 1.54) is 6.08 Å². The second-order valence-electron chi connectivity index (χ2n) is 2.94. The number of anilines is 1. The summed E-state index contributed by atoms with van der Waals surface area (Å²) < 4.78 is 38.5. The van der Waals surface area contributed by atoms with Crippen LogP contribution in [-0.2, 0) is 10.0 Å². The fourth-order valence-electron chi connectivity index (χ4n) is 0.997. The van der Waals surface area contributed by atoms with Crippen molar-refractivity contribution in [2.45, 2.75) is 4.90 Å². The van der Waals surface area contributed by atoms with Crippen molar-refractivity contribution in [3.05, 3.63) is 35.6 Å². The van der Waals surface area contributed by atoms with Crippen molar-refractivity contribution < 1.29 is 12.8 Å². The van der Waals surface area contributed by atoms with Gasteiger partial charge in [-0.3, -0.25) is 0 Å². The predicted molar refractivity (Wildman–Crippen MR) is 61.2 cm³/mol. The van der Waals surface area contributed by atoms with E-state index in [1.807, 2.05) is 0 Å². The van der Waals surface area contributed by atoms with Crippen LogP contribution in [0.25, 0.3) is 0 Å². The number of halogens is 2. The van der Waals surface area contributed by atoms with Crippen LogP contribution in [0.1, 0.15) is 0 Å². The Morgan fingerprint density at radius 1 is 1.56 bits per heavy atom. The summed E-state index contributed by atoms with van der Waals surface area (Å²) in [6, 6.07) is 1.84. The molecule has 0 fully saturated rings. The lowest BCUT2D eigenvalue weighted by Gasteiger charge is -2.08. The molecule has 0 heterocycles. The van der Waals surface area contributed by atoms with E-state index < -0.39 is 15.8 Å². The van der Waals surface area contributed by atoms with Crippen molar-refractivity contribution in [2.75, 3.05) is 12.3 Å². The Hall–Kier alpha value is -1.11. The standard InChI is InChI=1S/C9H10ClFN2O2S/c1-2-3-13-16(14,15)9-5-8(12)7(11)4-6(9)10/h2,4-5,13H,1,3,12H2. The predicted octanol–water partition coefficient (Wildman–Crippen LogP) is 1.53. The van der Waals surface area contributed by atoms with E-state index in [-0.39, 0.29) is 22.2 Å². The van der Waals surface area contributed by atoms with E-state index in [0.717, 1.165) is 12.1 Å². The molecule has 16 heavy (non-hydrogen) atoms. The monoisotopic (exact) mass is 264 g/mol. The van der Waals surface area contributed by atoms with Crippen LogP contribution in [0.5, 0.6) is 0 Å². The molecule has 88 valence electrons. The van der Waals surface area contributed by atoms with E-state index >= 15 is 0 Å². The highest BCUT2D eigenvalue weighted by Gasteiger charge is 2.19. The Morgan fingerprint density at radius 3 is 2.75 bits per heavy atom. The molecule has 4 nitrogen and oxygen atoms in total. The number of sulfonamides is 1. The highest BCUT2D eigenvalue weighted by atomic mass is 35.5. The second-order valence-corrected chi connectivity index (χ2v) is 5.09. The van der Waals surface area contributed by atoms with Crippen LogP contribution in [0.4, 0.5) is 10.1 Å². The SMILES string of the molecule is C=CCNS(=O)(=O)c1cc(N)c(F)cc1Cl. The van der Waals surface area contributed by atoms with E-state index in [2.05, 4.69) is 11.3 Å². The molecule has 1 rings (SSSR count). The molecule has 0 aliphatic carbocycles. The van der Waals surface area contributed by atoms with Crippen molar-refractivity contribution in [1.82, 2.24) is 4.72 Å². The van der Waals surface area contributed by atoms with Gasteiger partial charge in [-0.25, -0.2) is 17.5 Å². The molecule has 0 aliphatic heterocycles. The molecule has 0 aliphatic rings. The first-order valence-electron chi connectivity index (χ1n) is 4.23. The minimum absolute atomic E-state index is 0.0515. The first-order valence-corrected chi connectivity index (χ1v) is 6.09. The molecule has 3 N–H and O–H groups in total. The molecule has 0 saturated carbocycles. The van der Waals surface area contributed by atoms with Gasteiger partial charge in [0, 0.05) is 6.54 Å². The molecule has 0 saturated heterocycles. The molecule has 7 heteroatoms. The van der Waals surface area contributed by atoms with Gasteiger partial charge < -0.3 is 5.73 Å². The molecule has 0 unspecified atom stereocenters. The van der Waals surface area contributed by atoms with Crippen LogP contribution >= 0.6 is 11.6 Å². The average molecular weight is 265 g/mol. The van der Waals surface area contributed by atoms with Crippen LogP contribution < -0.4 is 10.5 Å². The summed E-state index contributed by atoms with van der Waals surface area (Å²) in [5, 5.41) is -0.219. The zero-order valence-electron chi connectivity index (χ0n) is 8.20. The molecule has 0 atom stereocenters. The van der Waals surface area contributed by atoms with E-state index in [9.17, 15) is 12.8 Å². The lowest BCUT2D eigenvalue weighted by molar-refractivity contribution is 0.585. The molecule has 0 aromatic heterocycles. The smallest absolute Gasteiger partial charge is 0.242 e. The van der Waals surface area contributed by atoms with Gasteiger partial charge in [0.2, 0.25) is 10.0 Å². The third-order valence-electron chi connectivity index (χ3n) is 1.76. The van der Waals surface area contributed by atoms with Gasteiger partial charge in [-0.1, -0.05) is 17.7 Å². The van der Waals surface area contributed by atoms with Gasteiger partial charge in [0.05, 0.1) is 10.7 Å². The van der Waals surface area contributed by atoms with Crippen molar-refractivity contribution in [3.8, 4) is 0 Å². The minimum Gasteiger partial charge on any atom is -0.396 e. The first-order chi connectivity index (χ1) is 7.38. The van der Waals surface area contributed by atoms with E-state index in [4.69, 9.17) is 17.3 Å². The fourth-order valence-corrected chi connectivity index (χ4v) is 2.54. The lowest BCUT2D eigenvalue weighted by atomic mass is 10.3. The third-order valence-corrected chi connectivity index (χ3v) is 3.65. The normalized spacial score (nSPS) is 11.4. The number of hydrogen-bond acceptors (Lipinski definition) is 3. The summed E-state index contributed by atoms with van der Waals surface area (Å²) in [5.74, 6) is -0.757. The quantitative estimate of drug-likeness (QED) is 0.640. The number of nitrogen functional groups attached to an aromatic ring is 1. The van der Waals surface area contributed by atoms with Gasteiger partial charge in [0.1, 0.15) is 10.7 Å². The Kier molecular flexibility index (Phi) is 3.90. The van der Waals surface area contributed by atoms with Crippen LogP contribution in [0, 0.1) is 5.82 Å². The molecular weight excluding hydrogens is 255 g/mol. The maximum atomic E-state index is 13.0. The number of nitrogens with two attached hydrogens (primary N) is 1. The minimum atomic E-state index is -3.79. The van der Waals surface area contributed by atoms with Gasteiger partial charge in [-0.05, 0) is 12.1 Å². The summed E-state index contributed by atoms with van der Waals surface area (Å²) in [6.45, 7) is 3.42. The van der Waals surface area contributed by atoms with Crippen molar-refractivity contribution in [1.29, 1.82) is 0 Å². The summed E-state index contributed by atoms with van der Waals surface area (Å²) in [5.41, 5.74) is 4.99. The highest BCUT2D eigenvalue weighted by Crippen LogP contribution is 2.25. The van der Waals surface area contributed by atoms with Gasteiger partial charge in [0.25, 0.3) is 0 Å². The molecule has 0 spiro atoms. The zero-order chi connectivity index (χ0) is 12.3. The van der Waals surface area contributed by atoms with Gasteiger partial charge in [-0.15, -0.1) is 6.58 Å². The van der Waals surface area contributed by atoms with E-state index in [1.54, 1.807) is 0 Å². The largest absolute Gasteiger partial charge is 0.396 e. The Bertz CT molecular complexity index is 516. The molecule has 1 aromatic carbocycles. The Balaban J connectivity index is 3.23. The van der Waals surface area contributed by atoms with Gasteiger partial charge in [-0.2, -0.15) is 0 Å². The molecule has 0 radical (unpaired) electrons. The molecule has 0 amide bonds. The summed E-state index contributed by atoms with van der Waals surface area (Å²) in [6.07, 6.45) is 1.37. The molecular formula is C9H10ClFN2O2S. The second kappa shape index (κ2) is 4.82. The van der Waals surface area contributed by atoms with E-state index in [0.29, 0.717) is 0 Å². The van der Waals surface area contributed by atoms with Gasteiger partial charge in [0.15, 0.2) is 0 Å². The topological polar surface area (TPSA) is 72.2 Å². The third kappa shape index (κ3) is 2.72. The fraction of sp³-hybridized carbons (Fsp3) is 0.111. The van der Waals surface area contributed by atoms with Crippen LogP contribution in [0.3, 0.4) is 0 Å².